The summed E-state index contributed by atoms with van der Waals surface area (Å²) in [6.45, 7) is 4.12. The van der Waals surface area contributed by atoms with Gasteiger partial charge in [-0.25, -0.2) is 8.42 Å². The fourth-order valence-corrected chi connectivity index (χ4v) is 5.60. The van der Waals surface area contributed by atoms with E-state index >= 15 is 0 Å². The normalized spacial score (nSPS) is 24.4. The van der Waals surface area contributed by atoms with Gasteiger partial charge in [-0.15, -0.1) is 0 Å². The fourth-order valence-electron chi connectivity index (χ4n) is 4.04. The van der Waals surface area contributed by atoms with Crippen LogP contribution in [0.3, 0.4) is 0 Å². The minimum atomic E-state index is -3.70. The molecule has 2 fully saturated rings. The molecule has 8 heteroatoms. The largest absolute Gasteiger partial charge is 0.352 e. The Morgan fingerprint density at radius 3 is 2.54 bits per heavy atom. The van der Waals surface area contributed by atoms with E-state index < -0.39 is 10.0 Å². The monoisotopic (exact) mass is 404 g/mol. The lowest BCUT2D eigenvalue weighted by molar-refractivity contribution is -0.123. The minimum Gasteiger partial charge on any atom is -0.352 e. The average molecular weight is 405 g/mol. The van der Waals surface area contributed by atoms with Crippen molar-refractivity contribution in [2.75, 3.05) is 32.7 Å². The summed E-state index contributed by atoms with van der Waals surface area (Å²) < 4.78 is 27.1. The van der Waals surface area contributed by atoms with Crippen molar-refractivity contribution in [3.05, 3.63) is 29.8 Å². The summed E-state index contributed by atoms with van der Waals surface area (Å²) in [5, 5.41) is 12.3. The Labute approximate surface area is 167 Å². The van der Waals surface area contributed by atoms with E-state index in [4.69, 9.17) is 0 Å². The smallest absolute Gasteiger partial charge is 0.244 e. The first-order valence-electron chi connectivity index (χ1n) is 9.93. The van der Waals surface area contributed by atoms with Gasteiger partial charge in [0.15, 0.2) is 0 Å². The Morgan fingerprint density at radius 1 is 1.18 bits per heavy atom. The highest BCUT2D eigenvalue weighted by atomic mass is 32.2. The average Bonchev–Trinajstić information content (AvgIpc) is 2.70. The number of carbonyl (C=O) groups excluding carboxylic acids is 1. The first-order valence-corrected chi connectivity index (χ1v) is 11.4. The molecule has 7 nitrogen and oxygen atoms in total. The molecule has 28 heavy (non-hydrogen) atoms. The van der Waals surface area contributed by atoms with E-state index in [0.717, 1.165) is 19.3 Å². The Hall–Kier alpha value is -1.95. The van der Waals surface area contributed by atoms with Gasteiger partial charge in [-0.2, -0.15) is 9.57 Å². The van der Waals surface area contributed by atoms with Gasteiger partial charge in [0.05, 0.1) is 17.0 Å². The Bertz CT molecular complexity index is 841. The van der Waals surface area contributed by atoms with Gasteiger partial charge in [-0.05, 0) is 30.9 Å². The highest BCUT2D eigenvalue weighted by Gasteiger charge is 2.31. The summed E-state index contributed by atoms with van der Waals surface area (Å²) in [6.07, 6.45) is 4.60. The molecule has 1 aromatic rings. The molecule has 1 amide bonds. The second-order valence-electron chi connectivity index (χ2n) is 7.72. The number of sulfonamides is 1. The lowest BCUT2D eigenvalue weighted by Gasteiger charge is -2.34. The summed E-state index contributed by atoms with van der Waals surface area (Å²) in [5.74, 6) is 0.532. The highest BCUT2D eigenvalue weighted by molar-refractivity contribution is 7.89. The van der Waals surface area contributed by atoms with Gasteiger partial charge in [0.25, 0.3) is 0 Å². The third-order valence-electron chi connectivity index (χ3n) is 5.78. The van der Waals surface area contributed by atoms with E-state index in [1.807, 2.05) is 11.0 Å². The fraction of sp³-hybridized carbons (Fsp3) is 0.600. The molecule has 1 aliphatic carbocycles. The van der Waals surface area contributed by atoms with E-state index in [-0.39, 0.29) is 22.4 Å². The summed E-state index contributed by atoms with van der Waals surface area (Å²) in [7, 11) is -3.70. The number of hydrogen-bond donors (Lipinski definition) is 1. The molecule has 0 radical (unpaired) electrons. The van der Waals surface area contributed by atoms with Crippen LogP contribution in [-0.2, 0) is 14.8 Å². The maximum absolute atomic E-state index is 12.9. The molecule has 1 saturated heterocycles. The van der Waals surface area contributed by atoms with Crippen molar-refractivity contribution in [3.63, 3.8) is 0 Å². The lowest BCUT2D eigenvalue weighted by atomic mass is 9.86. The van der Waals surface area contributed by atoms with Crippen LogP contribution in [-0.4, -0.2) is 62.3 Å². The van der Waals surface area contributed by atoms with Crippen LogP contribution in [0.2, 0.25) is 0 Å². The van der Waals surface area contributed by atoms with E-state index in [9.17, 15) is 18.5 Å². The highest BCUT2D eigenvalue weighted by Crippen LogP contribution is 2.24. The second kappa shape index (κ2) is 9.03. The molecule has 0 unspecified atom stereocenters. The zero-order chi connectivity index (χ0) is 20.1. The predicted octanol–water partition coefficient (Wildman–Crippen LogP) is 1.56. The van der Waals surface area contributed by atoms with E-state index in [1.165, 1.54) is 22.9 Å². The number of nitrogens with one attached hydrogen (secondary N) is 1. The lowest BCUT2D eigenvalue weighted by Crippen LogP contribution is -2.52. The first-order chi connectivity index (χ1) is 13.4. The third kappa shape index (κ3) is 4.72. The SMILES string of the molecule is C[C@H]1CCCC[C@H]1NC(=O)CN1CCN(S(=O)(=O)c2ccccc2C#N)CC1. The molecule has 1 saturated carbocycles. The van der Waals surface area contributed by atoms with Crippen molar-refractivity contribution in [1.82, 2.24) is 14.5 Å². The number of hydrogen-bond acceptors (Lipinski definition) is 5. The van der Waals surface area contributed by atoms with Crippen LogP contribution in [0.1, 0.15) is 38.2 Å². The van der Waals surface area contributed by atoms with Crippen molar-refractivity contribution in [1.29, 1.82) is 5.26 Å². The van der Waals surface area contributed by atoms with Crippen molar-refractivity contribution in [2.45, 2.75) is 43.5 Å². The zero-order valence-electron chi connectivity index (χ0n) is 16.3. The molecule has 3 rings (SSSR count). The third-order valence-corrected chi connectivity index (χ3v) is 7.74. The van der Waals surface area contributed by atoms with Crippen molar-refractivity contribution < 1.29 is 13.2 Å². The van der Waals surface area contributed by atoms with Crippen LogP contribution in [0.4, 0.5) is 0 Å². The molecular weight excluding hydrogens is 376 g/mol. The van der Waals surface area contributed by atoms with E-state index in [2.05, 4.69) is 12.2 Å². The molecule has 1 heterocycles. The van der Waals surface area contributed by atoms with Crippen LogP contribution in [0.25, 0.3) is 0 Å². The van der Waals surface area contributed by atoms with E-state index in [1.54, 1.807) is 12.1 Å². The van der Waals surface area contributed by atoms with Crippen LogP contribution in [0, 0.1) is 17.2 Å². The summed E-state index contributed by atoms with van der Waals surface area (Å²) in [6, 6.07) is 8.47. The minimum absolute atomic E-state index is 0.0184. The zero-order valence-corrected chi connectivity index (χ0v) is 17.1. The molecule has 1 N–H and O–H groups in total. The number of amides is 1. The number of carbonyl (C=O) groups is 1. The number of benzene rings is 1. The van der Waals surface area contributed by atoms with Crippen LogP contribution < -0.4 is 5.32 Å². The molecule has 1 aromatic carbocycles. The first kappa shape index (κ1) is 20.8. The van der Waals surface area contributed by atoms with Gasteiger partial charge >= 0.3 is 0 Å². The van der Waals surface area contributed by atoms with Gasteiger partial charge in [0.1, 0.15) is 6.07 Å². The van der Waals surface area contributed by atoms with Gasteiger partial charge < -0.3 is 5.32 Å². The van der Waals surface area contributed by atoms with Crippen molar-refractivity contribution >= 4 is 15.9 Å². The molecular formula is C20H28N4O3S. The molecule has 0 spiro atoms. The summed E-state index contributed by atoms with van der Waals surface area (Å²) >= 11 is 0. The number of rotatable bonds is 5. The van der Waals surface area contributed by atoms with Gasteiger partial charge in [0.2, 0.25) is 15.9 Å². The molecule has 1 aliphatic heterocycles. The van der Waals surface area contributed by atoms with Gasteiger partial charge in [0, 0.05) is 32.2 Å². The van der Waals surface area contributed by atoms with Gasteiger partial charge in [-0.1, -0.05) is 31.9 Å². The molecule has 2 aliphatic rings. The van der Waals surface area contributed by atoms with Crippen LogP contribution >= 0.6 is 0 Å². The molecule has 2 atom stereocenters. The molecule has 0 bridgehead atoms. The van der Waals surface area contributed by atoms with E-state index in [0.29, 0.717) is 38.6 Å². The maximum atomic E-state index is 12.9. The number of nitrogens with zero attached hydrogens (tertiary/aromatic N) is 3. The van der Waals surface area contributed by atoms with Crippen molar-refractivity contribution in [2.24, 2.45) is 5.92 Å². The topological polar surface area (TPSA) is 93.5 Å². The number of piperazine rings is 1. The maximum Gasteiger partial charge on any atom is 0.244 e. The summed E-state index contributed by atoms with van der Waals surface area (Å²) in [4.78, 5) is 14.4. The molecule has 152 valence electrons. The van der Waals surface area contributed by atoms with Crippen molar-refractivity contribution in [3.8, 4) is 6.07 Å². The van der Waals surface area contributed by atoms with Crippen LogP contribution in [0.15, 0.2) is 29.2 Å². The Morgan fingerprint density at radius 2 is 1.86 bits per heavy atom. The quantitative estimate of drug-likeness (QED) is 0.804. The Kier molecular flexibility index (Phi) is 6.70. The Balaban J connectivity index is 1.54. The van der Waals surface area contributed by atoms with Crippen LogP contribution in [0.5, 0.6) is 0 Å². The summed E-state index contributed by atoms with van der Waals surface area (Å²) in [5.41, 5.74) is 0.158. The molecule has 0 aromatic heterocycles. The standard InChI is InChI=1S/C20H28N4O3S/c1-16-6-2-4-8-18(16)22-20(25)15-23-10-12-24(13-11-23)28(26,27)19-9-5-3-7-17(19)14-21/h3,5,7,9,16,18H,2,4,6,8,10-13,15H2,1H3,(H,22,25)/t16-,18+/m0/s1. The second-order valence-corrected chi connectivity index (χ2v) is 9.63. The van der Waals surface area contributed by atoms with Gasteiger partial charge in [-0.3, -0.25) is 9.69 Å². The predicted molar refractivity (Wildman–Crippen MR) is 106 cm³/mol. The number of nitriles is 1.